The summed E-state index contributed by atoms with van der Waals surface area (Å²) < 4.78 is 5.12. The fourth-order valence-corrected chi connectivity index (χ4v) is 1.55. The van der Waals surface area contributed by atoms with E-state index in [-0.39, 0.29) is 5.78 Å². The number of rotatable bonds is 3. The lowest BCUT2D eigenvalue weighted by Gasteiger charge is -2.06. The average Bonchev–Trinajstić information content (AvgIpc) is 2.38. The maximum absolute atomic E-state index is 12.2. The quantitative estimate of drug-likeness (QED) is 0.754. The number of ketones is 1. The van der Waals surface area contributed by atoms with Crippen molar-refractivity contribution in [2.45, 2.75) is 6.92 Å². The molecule has 0 aliphatic heterocycles. The van der Waals surface area contributed by atoms with Crippen LogP contribution in [0.3, 0.4) is 0 Å². The number of carbonyl (C=O) groups is 1. The van der Waals surface area contributed by atoms with Crippen molar-refractivity contribution in [2.24, 2.45) is 0 Å². The summed E-state index contributed by atoms with van der Waals surface area (Å²) in [6.45, 7) is 1.84. The third-order valence-corrected chi connectivity index (χ3v) is 2.36. The highest BCUT2D eigenvalue weighted by molar-refractivity contribution is 6.09. The number of methoxy groups -OCH3 is 1. The van der Waals surface area contributed by atoms with E-state index in [4.69, 9.17) is 4.74 Å². The molecule has 0 bridgehead atoms. The highest BCUT2D eigenvalue weighted by atomic mass is 16.5. The Bertz CT molecular complexity index is 553. The number of carbonyl (C=O) groups excluding carboxylic acids is 1. The standard InChI is InChI=1S/C13H12N2O2/c1-9-8-10(5-7-14-9)13(16)12-11(17-2)4-3-6-15-12/h3-8H,1-2H3. The van der Waals surface area contributed by atoms with Crippen molar-refractivity contribution >= 4 is 5.78 Å². The number of hydrogen-bond acceptors (Lipinski definition) is 4. The van der Waals surface area contributed by atoms with Crippen LogP contribution in [-0.2, 0) is 0 Å². The Morgan fingerprint density at radius 2 is 2.06 bits per heavy atom. The Morgan fingerprint density at radius 1 is 1.24 bits per heavy atom. The lowest BCUT2D eigenvalue weighted by molar-refractivity contribution is 0.103. The van der Waals surface area contributed by atoms with E-state index in [1.54, 1.807) is 36.7 Å². The monoisotopic (exact) mass is 228 g/mol. The molecule has 0 unspecified atom stereocenters. The van der Waals surface area contributed by atoms with Crippen LogP contribution in [0.4, 0.5) is 0 Å². The molecule has 17 heavy (non-hydrogen) atoms. The molecule has 0 saturated heterocycles. The Kier molecular flexibility index (Phi) is 3.14. The Labute approximate surface area is 99.3 Å². The SMILES string of the molecule is COc1cccnc1C(=O)c1ccnc(C)c1. The van der Waals surface area contributed by atoms with Gasteiger partial charge < -0.3 is 4.74 Å². The highest BCUT2D eigenvalue weighted by Gasteiger charge is 2.15. The average molecular weight is 228 g/mol. The Balaban J connectivity index is 2.44. The van der Waals surface area contributed by atoms with Crippen LogP contribution in [0.15, 0.2) is 36.7 Å². The molecule has 0 fully saturated rings. The summed E-state index contributed by atoms with van der Waals surface area (Å²) in [7, 11) is 1.52. The highest BCUT2D eigenvalue weighted by Crippen LogP contribution is 2.18. The molecular weight excluding hydrogens is 216 g/mol. The van der Waals surface area contributed by atoms with E-state index in [0.717, 1.165) is 5.69 Å². The normalized spacial score (nSPS) is 10.0. The molecule has 0 aliphatic carbocycles. The van der Waals surface area contributed by atoms with Gasteiger partial charge in [0.05, 0.1) is 7.11 Å². The van der Waals surface area contributed by atoms with Crippen molar-refractivity contribution in [3.63, 3.8) is 0 Å². The van der Waals surface area contributed by atoms with Crippen LogP contribution in [-0.4, -0.2) is 22.9 Å². The summed E-state index contributed by atoms with van der Waals surface area (Å²) in [5.41, 5.74) is 1.68. The maximum atomic E-state index is 12.2. The molecule has 0 radical (unpaired) electrons. The van der Waals surface area contributed by atoms with Crippen molar-refractivity contribution in [3.05, 3.63) is 53.6 Å². The van der Waals surface area contributed by atoms with Crippen molar-refractivity contribution < 1.29 is 9.53 Å². The smallest absolute Gasteiger partial charge is 0.215 e. The van der Waals surface area contributed by atoms with E-state index >= 15 is 0 Å². The van der Waals surface area contributed by atoms with Gasteiger partial charge in [0.2, 0.25) is 5.78 Å². The van der Waals surface area contributed by atoms with Gasteiger partial charge in [-0.1, -0.05) is 0 Å². The van der Waals surface area contributed by atoms with Gasteiger partial charge in [-0.05, 0) is 31.2 Å². The molecular formula is C13H12N2O2. The first-order valence-corrected chi connectivity index (χ1v) is 5.18. The molecule has 0 atom stereocenters. The van der Waals surface area contributed by atoms with Crippen molar-refractivity contribution in [1.82, 2.24) is 9.97 Å². The minimum absolute atomic E-state index is 0.159. The summed E-state index contributed by atoms with van der Waals surface area (Å²) in [5, 5.41) is 0. The third kappa shape index (κ3) is 2.30. The summed E-state index contributed by atoms with van der Waals surface area (Å²) in [6.07, 6.45) is 3.18. The second kappa shape index (κ2) is 4.74. The van der Waals surface area contributed by atoms with Crippen LogP contribution in [0.2, 0.25) is 0 Å². The molecule has 86 valence electrons. The lowest BCUT2D eigenvalue weighted by Crippen LogP contribution is -2.06. The van der Waals surface area contributed by atoms with Gasteiger partial charge in [-0.25, -0.2) is 4.98 Å². The minimum Gasteiger partial charge on any atom is -0.494 e. The molecule has 0 amide bonds. The molecule has 0 N–H and O–H groups in total. The van der Waals surface area contributed by atoms with E-state index in [9.17, 15) is 4.79 Å². The van der Waals surface area contributed by atoms with E-state index in [1.165, 1.54) is 7.11 Å². The first kappa shape index (κ1) is 11.3. The van der Waals surface area contributed by atoms with E-state index in [0.29, 0.717) is 17.0 Å². The zero-order chi connectivity index (χ0) is 12.3. The van der Waals surface area contributed by atoms with Crippen LogP contribution < -0.4 is 4.74 Å². The van der Waals surface area contributed by atoms with Gasteiger partial charge in [-0.3, -0.25) is 9.78 Å². The zero-order valence-electron chi connectivity index (χ0n) is 9.68. The second-order valence-corrected chi connectivity index (χ2v) is 3.57. The summed E-state index contributed by atoms with van der Waals surface area (Å²) in [4.78, 5) is 20.3. The van der Waals surface area contributed by atoms with Gasteiger partial charge >= 0.3 is 0 Å². The lowest BCUT2D eigenvalue weighted by atomic mass is 10.1. The number of nitrogens with zero attached hydrogens (tertiary/aromatic N) is 2. The van der Waals surface area contributed by atoms with Gasteiger partial charge in [-0.15, -0.1) is 0 Å². The van der Waals surface area contributed by atoms with Gasteiger partial charge in [-0.2, -0.15) is 0 Å². The van der Waals surface area contributed by atoms with Crippen LogP contribution in [0, 0.1) is 6.92 Å². The predicted molar refractivity (Wildman–Crippen MR) is 63.2 cm³/mol. The topological polar surface area (TPSA) is 52.1 Å². The summed E-state index contributed by atoms with van der Waals surface area (Å²) >= 11 is 0. The van der Waals surface area contributed by atoms with E-state index in [1.807, 2.05) is 6.92 Å². The number of ether oxygens (including phenoxy) is 1. The van der Waals surface area contributed by atoms with E-state index < -0.39 is 0 Å². The first-order chi connectivity index (χ1) is 8.22. The Hall–Kier alpha value is -2.23. The molecule has 0 aliphatic rings. The summed E-state index contributed by atoms with van der Waals surface area (Å²) in [5.74, 6) is 0.319. The molecule has 2 aromatic heterocycles. The molecule has 0 saturated carbocycles. The fourth-order valence-electron chi connectivity index (χ4n) is 1.55. The molecule has 2 aromatic rings. The van der Waals surface area contributed by atoms with E-state index in [2.05, 4.69) is 9.97 Å². The molecule has 0 spiro atoms. The molecule has 2 heterocycles. The number of pyridine rings is 2. The summed E-state index contributed by atoms with van der Waals surface area (Å²) in [6, 6.07) is 6.85. The minimum atomic E-state index is -0.159. The van der Waals surface area contributed by atoms with Crippen molar-refractivity contribution in [3.8, 4) is 5.75 Å². The van der Waals surface area contributed by atoms with Gasteiger partial charge in [0.15, 0.2) is 5.69 Å². The van der Waals surface area contributed by atoms with Crippen LogP contribution >= 0.6 is 0 Å². The van der Waals surface area contributed by atoms with Gasteiger partial charge in [0, 0.05) is 23.7 Å². The largest absolute Gasteiger partial charge is 0.494 e. The number of hydrogen-bond donors (Lipinski definition) is 0. The van der Waals surface area contributed by atoms with Gasteiger partial charge in [0.25, 0.3) is 0 Å². The first-order valence-electron chi connectivity index (χ1n) is 5.18. The maximum Gasteiger partial charge on any atom is 0.215 e. The fraction of sp³-hybridized carbons (Fsp3) is 0.154. The molecule has 4 nitrogen and oxygen atoms in total. The van der Waals surface area contributed by atoms with Crippen LogP contribution in [0.1, 0.15) is 21.7 Å². The van der Waals surface area contributed by atoms with Gasteiger partial charge in [0.1, 0.15) is 5.75 Å². The van der Waals surface area contributed by atoms with Crippen molar-refractivity contribution in [2.75, 3.05) is 7.11 Å². The third-order valence-electron chi connectivity index (χ3n) is 2.36. The molecule has 2 rings (SSSR count). The Morgan fingerprint density at radius 3 is 2.76 bits per heavy atom. The second-order valence-electron chi connectivity index (χ2n) is 3.57. The zero-order valence-corrected chi connectivity index (χ0v) is 9.68. The predicted octanol–water partition coefficient (Wildman–Crippen LogP) is 2.02. The molecule has 4 heteroatoms. The van der Waals surface area contributed by atoms with Crippen LogP contribution in [0.25, 0.3) is 0 Å². The number of aromatic nitrogens is 2. The van der Waals surface area contributed by atoms with Crippen molar-refractivity contribution in [1.29, 1.82) is 0 Å². The number of aryl methyl sites for hydroxylation is 1. The van der Waals surface area contributed by atoms with Crippen LogP contribution in [0.5, 0.6) is 5.75 Å². The molecule has 0 aromatic carbocycles.